The van der Waals surface area contributed by atoms with Gasteiger partial charge in [-0.2, -0.15) is 0 Å². The molecule has 0 saturated carbocycles. The maximum absolute atomic E-state index is 5.56. The number of ether oxygens (including phenoxy) is 1. The summed E-state index contributed by atoms with van der Waals surface area (Å²) in [6.07, 6.45) is 4.90. The second-order valence-electron chi connectivity index (χ2n) is 5.30. The molecular weight excluding hydrogens is 341 g/mol. The number of guanidine groups is 1. The predicted molar refractivity (Wildman–Crippen MR) is 85.7 cm³/mol. The SMILES string of the molecule is CCCCNC(=NC)N1CCC2(CCOC2)C1.I. The first-order chi connectivity index (χ1) is 8.29. The normalized spacial score (nSPS) is 27.7. The van der Waals surface area contributed by atoms with Crippen LogP contribution in [0.15, 0.2) is 4.99 Å². The van der Waals surface area contributed by atoms with Crippen molar-refractivity contribution < 1.29 is 4.74 Å². The van der Waals surface area contributed by atoms with Crippen molar-refractivity contribution in [3.05, 3.63) is 0 Å². The standard InChI is InChI=1S/C13H25N3O.HI/c1-3-4-7-15-12(14-2)16-8-5-13(10-16)6-9-17-11-13;/h3-11H2,1-2H3,(H,14,15);1H. The Morgan fingerprint density at radius 2 is 2.28 bits per heavy atom. The zero-order valence-corrected chi connectivity index (χ0v) is 13.9. The number of aliphatic imine (C=N–C) groups is 1. The van der Waals surface area contributed by atoms with Gasteiger partial charge in [-0.15, -0.1) is 24.0 Å². The van der Waals surface area contributed by atoms with Gasteiger partial charge in [-0.1, -0.05) is 13.3 Å². The summed E-state index contributed by atoms with van der Waals surface area (Å²) in [6, 6.07) is 0. The zero-order chi connectivity index (χ0) is 12.1. The molecule has 0 radical (unpaired) electrons. The third-order valence-corrected chi connectivity index (χ3v) is 3.95. The molecule has 5 heteroatoms. The molecule has 106 valence electrons. The van der Waals surface area contributed by atoms with Gasteiger partial charge in [0.2, 0.25) is 0 Å². The molecule has 1 atom stereocenters. The molecule has 2 rings (SSSR count). The fourth-order valence-electron chi connectivity index (χ4n) is 2.80. The second-order valence-corrected chi connectivity index (χ2v) is 5.30. The van der Waals surface area contributed by atoms with Crippen molar-refractivity contribution in [2.45, 2.75) is 32.6 Å². The minimum Gasteiger partial charge on any atom is -0.381 e. The summed E-state index contributed by atoms with van der Waals surface area (Å²) in [5, 5.41) is 3.45. The maximum atomic E-state index is 5.56. The summed E-state index contributed by atoms with van der Waals surface area (Å²) < 4.78 is 5.56. The second kappa shape index (κ2) is 7.53. The Bertz CT molecular complexity index is 277. The molecule has 0 aromatic rings. The number of rotatable bonds is 3. The number of likely N-dealkylation sites (tertiary alicyclic amines) is 1. The average Bonchev–Trinajstić information content (AvgIpc) is 2.96. The summed E-state index contributed by atoms with van der Waals surface area (Å²) in [6.45, 7) is 7.35. The van der Waals surface area contributed by atoms with Gasteiger partial charge in [0.05, 0.1) is 6.61 Å². The predicted octanol–water partition coefficient (Wildman–Crippen LogP) is 2.09. The molecular formula is C13H26IN3O. The smallest absolute Gasteiger partial charge is 0.193 e. The Balaban J connectivity index is 0.00000162. The molecule has 0 aromatic heterocycles. The summed E-state index contributed by atoms with van der Waals surface area (Å²) in [4.78, 5) is 6.78. The summed E-state index contributed by atoms with van der Waals surface area (Å²) in [5.74, 6) is 1.07. The van der Waals surface area contributed by atoms with E-state index in [0.29, 0.717) is 5.41 Å². The highest BCUT2D eigenvalue weighted by atomic mass is 127. The van der Waals surface area contributed by atoms with Crippen LogP contribution in [-0.2, 0) is 4.74 Å². The molecule has 18 heavy (non-hydrogen) atoms. The van der Waals surface area contributed by atoms with Crippen molar-refractivity contribution in [3.8, 4) is 0 Å². The number of halogens is 1. The monoisotopic (exact) mass is 367 g/mol. The van der Waals surface area contributed by atoms with E-state index in [1.165, 1.54) is 25.7 Å². The van der Waals surface area contributed by atoms with Gasteiger partial charge in [0.1, 0.15) is 0 Å². The van der Waals surface area contributed by atoms with Crippen LogP contribution in [-0.4, -0.2) is 50.8 Å². The summed E-state index contributed by atoms with van der Waals surface area (Å²) in [7, 11) is 1.88. The number of unbranched alkanes of at least 4 members (excludes halogenated alkanes) is 1. The Hall–Kier alpha value is -0.0400. The van der Waals surface area contributed by atoms with Crippen molar-refractivity contribution in [1.29, 1.82) is 0 Å². The molecule has 1 unspecified atom stereocenters. The lowest BCUT2D eigenvalue weighted by Gasteiger charge is -2.24. The van der Waals surface area contributed by atoms with Crippen LogP contribution in [0.1, 0.15) is 32.6 Å². The molecule has 4 nitrogen and oxygen atoms in total. The first-order valence-corrected chi connectivity index (χ1v) is 6.83. The third-order valence-electron chi connectivity index (χ3n) is 3.95. The van der Waals surface area contributed by atoms with Gasteiger partial charge < -0.3 is 15.0 Å². The largest absolute Gasteiger partial charge is 0.381 e. The molecule has 0 amide bonds. The van der Waals surface area contributed by atoms with E-state index in [0.717, 1.165) is 38.8 Å². The van der Waals surface area contributed by atoms with Crippen molar-refractivity contribution in [1.82, 2.24) is 10.2 Å². The molecule has 2 aliphatic rings. The van der Waals surface area contributed by atoms with Crippen LogP contribution in [0.3, 0.4) is 0 Å². The minimum atomic E-state index is 0. The van der Waals surface area contributed by atoms with Crippen molar-refractivity contribution in [3.63, 3.8) is 0 Å². The molecule has 2 fully saturated rings. The Morgan fingerprint density at radius 3 is 2.89 bits per heavy atom. The number of nitrogens with zero attached hydrogens (tertiary/aromatic N) is 2. The van der Waals surface area contributed by atoms with Crippen LogP contribution < -0.4 is 5.32 Å². The highest BCUT2D eigenvalue weighted by Crippen LogP contribution is 2.38. The Labute approximate surface area is 128 Å². The van der Waals surface area contributed by atoms with Gasteiger partial charge in [0.15, 0.2) is 5.96 Å². The molecule has 2 heterocycles. The van der Waals surface area contributed by atoms with E-state index >= 15 is 0 Å². The van der Waals surface area contributed by atoms with Gasteiger partial charge in [-0.3, -0.25) is 4.99 Å². The first-order valence-electron chi connectivity index (χ1n) is 6.83. The van der Waals surface area contributed by atoms with E-state index in [1.807, 2.05) is 7.05 Å². The molecule has 2 saturated heterocycles. The van der Waals surface area contributed by atoms with E-state index in [-0.39, 0.29) is 24.0 Å². The summed E-state index contributed by atoms with van der Waals surface area (Å²) in [5.41, 5.74) is 0.419. The van der Waals surface area contributed by atoms with E-state index in [1.54, 1.807) is 0 Å². The highest BCUT2D eigenvalue weighted by molar-refractivity contribution is 14.0. The Morgan fingerprint density at radius 1 is 1.44 bits per heavy atom. The number of hydrogen-bond donors (Lipinski definition) is 1. The quantitative estimate of drug-likeness (QED) is 0.359. The molecule has 1 spiro atoms. The van der Waals surface area contributed by atoms with Crippen LogP contribution >= 0.6 is 24.0 Å². The van der Waals surface area contributed by atoms with Gasteiger partial charge >= 0.3 is 0 Å². The van der Waals surface area contributed by atoms with E-state index in [9.17, 15) is 0 Å². The average molecular weight is 367 g/mol. The van der Waals surface area contributed by atoms with Crippen LogP contribution in [0.5, 0.6) is 0 Å². The van der Waals surface area contributed by atoms with Crippen LogP contribution in [0.2, 0.25) is 0 Å². The van der Waals surface area contributed by atoms with Crippen molar-refractivity contribution >= 4 is 29.9 Å². The van der Waals surface area contributed by atoms with E-state index in [2.05, 4.69) is 22.1 Å². The first kappa shape index (κ1) is 16.0. The lowest BCUT2D eigenvalue weighted by atomic mass is 9.87. The van der Waals surface area contributed by atoms with E-state index < -0.39 is 0 Å². The number of nitrogens with one attached hydrogen (secondary N) is 1. The molecule has 0 bridgehead atoms. The van der Waals surface area contributed by atoms with Crippen LogP contribution in [0.25, 0.3) is 0 Å². The van der Waals surface area contributed by atoms with E-state index in [4.69, 9.17) is 4.74 Å². The number of hydrogen-bond acceptors (Lipinski definition) is 2. The van der Waals surface area contributed by atoms with Crippen LogP contribution in [0, 0.1) is 5.41 Å². The molecule has 1 N–H and O–H groups in total. The van der Waals surface area contributed by atoms with Gasteiger partial charge in [-0.25, -0.2) is 0 Å². The van der Waals surface area contributed by atoms with Crippen LogP contribution in [0.4, 0.5) is 0 Å². The lowest BCUT2D eigenvalue weighted by molar-refractivity contribution is 0.156. The maximum Gasteiger partial charge on any atom is 0.193 e. The Kier molecular flexibility index (Phi) is 6.70. The molecule has 0 aromatic carbocycles. The fraction of sp³-hybridized carbons (Fsp3) is 0.923. The zero-order valence-electron chi connectivity index (χ0n) is 11.6. The van der Waals surface area contributed by atoms with Gasteiger partial charge in [0.25, 0.3) is 0 Å². The minimum absolute atomic E-state index is 0. The lowest BCUT2D eigenvalue weighted by Crippen LogP contribution is -2.41. The molecule has 0 aliphatic carbocycles. The highest BCUT2D eigenvalue weighted by Gasteiger charge is 2.42. The van der Waals surface area contributed by atoms with Crippen molar-refractivity contribution in [2.75, 3.05) is 39.9 Å². The summed E-state index contributed by atoms with van der Waals surface area (Å²) >= 11 is 0. The molecule has 2 aliphatic heterocycles. The topological polar surface area (TPSA) is 36.9 Å². The third kappa shape index (κ3) is 3.73. The van der Waals surface area contributed by atoms with Gasteiger partial charge in [-0.05, 0) is 19.3 Å². The van der Waals surface area contributed by atoms with Crippen molar-refractivity contribution in [2.24, 2.45) is 10.4 Å². The van der Waals surface area contributed by atoms with Gasteiger partial charge in [0, 0.05) is 38.7 Å². The fourth-order valence-corrected chi connectivity index (χ4v) is 2.80.